The average molecular weight is 149 g/mol. The van der Waals surface area contributed by atoms with Crippen LogP contribution in [0.4, 0.5) is 0 Å². The summed E-state index contributed by atoms with van der Waals surface area (Å²) >= 11 is 0. The highest BCUT2D eigenvalue weighted by atomic mass is 16.1. The summed E-state index contributed by atoms with van der Waals surface area (Å²) in [5, 5.41) is 0. The minimum absolute atomic E-state index is 0.146. The molecule has 0 aromatic carbocycles. The Balaban J connectivity index is 2.47. The van der Waals surface area contributed by atoms with E-state index in [9.17, 15) is 4.79 Å². The van der Waals surface area contributed by atoms with E-state index in [0.29, 0.717) is 6.42 Å². The van der Waals surface area contributed by atoms with Crippen molar-refractivity contribution in [1.29, 1.82) is 0 Å². The molecule has 11 heavy (non-hydrogen) atoms. The molecule has 1 rings (SSSR count). The van der Waals surface area contributed by atoms with Crippen molar-refractivity contribution in [3.05, 3.63) is 23.9 Å². The SMILES string of the molecule is CCC(=O)/C=C/C1=CCC=N1. The van der Waals surface area contributed by atoms with Crippen LogP contribution in [-0.2, 0) is 4.79 Å². The van der Waals surface area contributed by atoms with Crippen molar-refractivity contribution in [2.24, 2.45) is 4.99 Å². The summed E-state index contributed by atoms with van der Waals surface area (Å²) in [6.07, 6.45) is 8.60. The van der Waals surface area contributed by atoms with Gasteiger partial charge in [0.2, 0.25) is 0 Å². The fourth-order valence-corrected chi connectivity index (χ4v) is 0.792. The molecule has 0 unspecified atom stereocenters. The molecule has 2 nitrogen and oxygen atoms in total. The average Bonchev–Trinajstić information content (AvgIpc) is 2.52. The largest absolute Gasteiger partial charge is 0.295 e. The molecule has 0 N–H and O–H groups in total. The number of hydrogen-bond donors (Lipinski definition) is 0. The molecule has 0 fully saturated rings. The highest BCUT2D eigenvalue weighted by Gasteiger charge is 1.94. The highest BCUT2D eigenvalue weighted by molar-refractivity contribution is 5.89. The lowest BCUT2D eigenvalue weighted by molar-refractivity contribution is -0.114. The minimum atomic E-state index is 0.146. The monoisotopic (exact) mass is 149 g/mol. The van der Waals surface area contributed by atoms with E-state index in [4.69, 9.17) is 0 Å². The van der Waals surface area contributed by atoms with Gasteiger partial charge in [-0.2, -0.15) is 0 Å². The first-order chi connectivity index (χ1) is 5.33. The Bertz CT molecular complexity index is 236. The van der Waals surface area contributed by atoms with Crippen molar-refractivity contribution in [1.82, 2.24) is 0 Å². The number of nitrogens with zero attached hydrogens (tertiary/aromatic N) is 1. The molecule has 0 aromatic heterocycles. The summed E-state index contributed by atoms with van der Waals surface area (Å²) in [5.74, 6) is 0.146. The molecular weight excluding hydrogens is 138 g/mol. The van der Waals surface area contributed by atoms with Gasteiger partial charge in [0, 0.05) is 19.1 Å². The minimum Gasteiger partial charge on any atom is -0.295 e. The Morgan fingerprint density at radius 1 is 1.82 bits per heavy atom. The Hall–Kier alpha value is -1.18. The van der Waals surface area contributed by atoms with Gasteiger partial charge < -0.3 is 0 Å². The fraction of sp³-hybridized carbons (Fsp3) is 0.333. The number of aliphatic imine (C=N–C) groups is 1. The maximum Gasteiger partial charge on any atom is 0.155 e. The topological polar surface area (TPSA) is 29.4 Å². The number of carbonyl (C=O) groups excluding carboxylic acids is 1. The van der Waals surface area contributed by atoms with Crippen LogP contribution in [0.1, 0.15) is 19.8 Å². The van der Waals surface area contributed by atoms with Gasteiger partial charge in [0.1, 0.15) is 0 Å². The molecule has 1 aliphatic rings. The van der Waals surface area contributed by atoms with Crippen LogP contribution in [0.3, 0.4) is 0 Å². The molecule has 1 heterocycles. The number of rotatable bonds is 3. The van der Waals surface area contributed by atoms with Gasteiger partial charge in [-0.05, 0) is 12.2 Å². The van der Waals surface area contributed by atoms with E-state index in [1.54, 1.807) is 12.2 Å². The molecule has 2 heteroatoms. The van der Waals surface area contributed by atoms with E-state index in [1.165, 1.54) is 0 Å². The van der Waals surface area contributed by atoms with Gasteiger partial charge in [-0.3, -0.25) is 9.79 Å². The second kappa shape index (κ2) is 3.86. The first-order valence-corrected chi connectivity index (χ1v) is 3.76. The van der Waals surface area contributed by atoms with Crippen LogP contribution in [0.5, 0.6) is 0 Å². The van der Waals surface area contributed by atoms with E-state index in [2.05, 4.69) is 4.99 Å². The smallest absolute Gasteiger partial charge is 0.155 e. The fourth-order valence-electron chi connectivity index (χ4n) is 0.792. The van der Waals surface area contributed by atoms with E-state index < -0.39 is 0 Å². The maximum absolute atomic E-state index is 10.8. The van der Waals surface area contributed by atoms with Crippen molar-refractivity contribution in [3.63, 3.8) is 0 Å². The van der Waals surface area contributed by atoms with Crippen molar-refractivity contribution in [2.45, 2.75) is 19.8 Å². The number of ketones is 1. The molecule has 0 saturated heterocycles. The number of allylic oxidation sites excluding steroid dienone is 3. The molecule has 0 amide bonds. The molecule has 0 aliphatic carbocycles. The Kier molecular flexibility index (Phi) is 2.78. The van der Waals surface area contributed by atoms with Crippen molar-refractivity contribution in [2.75, 3.05) is 0 Å². The van der Waals surface area contributed by atoms with Crippen molar-refractivity contribution in [3.8, 4) is 0 Å². The standard InChI is InChI=1S/C9H11NO/c1-2-9(11)6-5-8-4-3-7-10-8/h4-7H,2-3H2,1H3/b6-5+. The predicted molar refractivity (Wildman–Crippen MR) is 45.6 cm³/mol. The first kappa shape index (κ1) is 7.92. The number of carbonyl (C=O) groups is 1. The summed E-state index contributed by atoms with van der Waals surface area (Å²) in [6, 6.07) is 0. The summed E-state index contributed by atoms with van der Waals surface area (Å²) in [4.78, 5) is 14.8. The van der Waals surface area contributed by atoms with Crippen LogP contribution in [-0.4, -0.2) is 12.0 Å². The van der Waals surface area contributed by atoms with Crippen LogP contribution in [0.2, 0.25) is 0 Å². The lowest BCUT2D eigenvalue weighted by atomic mass is 10.2. The zero-order valence-electron chi connectivity index (χ0n) is 6.58. The molecule has 0 saturated carbocycles. The van der Waals surface area contributed by atoms with Crippen LogP contribution < -0.4 is 0 Å². The normalized spacial score (nSPS) is 15.9. The van der Waals surface area contributed by atoms with Gasteiger partial charge in [0.25, 0.3) is 0 Å². The molecule has 58 valence electrons. The van der Waals surface area contributed by atoms with Crippen molar-refractivity contribution >= 4 is 12.0 Å². The van der Waals surface area contributed by atoms with Gasteiger partial charge in [-0.25, -0.2) is 0 Å². The third kappa shape index (κ3) is 2.50. The second-order valence-electron chi connectivity index (χ2n) is 2.33. The Morgan fingerprint density at radius 2 is 2.64 bits per heavy atom. The summed E-state index contributed by atoms with van der Waals surface area (Å²) in [5.41, 5.74) is 0.895. The number of hydrogen-bond acceptors (Lipinski definition) is 2. The molecule has 0 aromatic rings. The summed E-state index contributed by atoms with van der Waals surface area (Å²) < 4.78 is 0. The van der Waals surface area contributed by atoms with Crippen LogP contribution in [0.15, 0.2) is 28.9 Å². The molecule has 0 bridgehead atoms. The quantitative estimate of drug-likeness (QED) is 0.563. The summed E-state index contributed by atoms with van der Waals surface area (Å²) in [6.45, 7) is 1.85. The zero-order chi connectivity index (χ0) is 8.10. The van der Waals surface area contributed by atoms with E-state index in [-0.39, 0.29) is 5.78 Å². The second-order valence-corrected chi connectivity index (χ2v) is 2.33. The van der Waals surface area contributed by atoms with Gasteiger partial charge in [-0.15, -0.1) is 0 Å². The van der Waals surface area contributed by atoms with Crippen molar-refractivity contribution < 1.29 is 4.79 Å². The predicted octanol–water partition coefficient (Wildman–Crippen LogP) is 1.88. The van der Waals surface area contributed by atoms with Crippen LogP contribution in [0, 0.1) is 0 Å². The summed E-state index contributed by atoms with van der Waals surface area (Å²) in [7, 11) is 0. The molecule has 0 atom stereocenters. The van der Waals surface area contributed by atoms with Gasteiger partial charge >= 0.3 is 0 Å². The lowest BCUT2D eigenvalue weighted by Crippen LogP contribution is -1.86. The third-order valence-corrected chi connectivity index (χ3v) is 1.46. The zero-order valence-corrected chi connectivity index (χ0v) is 6.58. The van der Waals surface area contributed by atoms with E-state index in [0.717, 1.165) is 12.1 Å². The van der Waals surface area contributed by atoms with E-state index >= 15 is 0 Å². The Morgan fingerprint density at radius 3 is 3.18 bits per heavy atom. The van der Waals surface area contributed by atoms with Gasteiger partial charge in [-0.1, -0.05) is 13.0 Å². The maximum atomic E-state index is 10.8. The van der Waals surface area contributed by atoms with Crippen LogP contribution >= 0.6 is 0 Å². The third-order valence-electron chi connectivity index (χ3n) is 1.46. The lowest BCUT2D eigenvalue weighted by Gasteiger charge is -1.85. The highest BCUT2D eigenvalue weighted by Crippen LogP contribution is 2.06. The van der Waals surface area contributed by atoms with Gasteiger partial charge in [0.05, 0.1) is 5.70 Å². The van der Waals surface area contributed by atoms with Crippen LogP contribution in [0.25, 0.3) is 0 Å². The molecule has 0 spiro atoms. The molecular formula is C9H11NO. The Labute approximate surface area is 66.3 Å². The van der Waals surface area contributed by atoms with E-state index in [1.807, 2.05) is 19.2 Å². The van der Waals surface area contributed by atoms with Gasteiger partial charge in [0.15, 0.2) is 5.78 Å². The first-order valence-electron chi connectivity index (χ1n) is 3.76. The molecule has 1 aliphatic heterocycles. The molecule has 0 radical (unpaired) electrons.